The van der Waals surface area contributed by atoms with Gasteiger partial charge in [0.05, 0.1) is 19.4 Å². The second-order valence-corrected chi connectivity index (χ2v) is 15.4. The first-order valence-corrected chi connectivity index (χ1v) is 16.1. The number of hydrogen-bond acceptors (Lipinski definition) is 5. The lowest BCUT2D eigenvalue weighted by Gasteiger charge is -2.16. The lowest BCUT2D eigenvalue weighted by Crippen LogP contribution is -2.38. The van der Waals surface area contributed by atoms with Crippen LogP contribution in [0, 0.1) is 0 Å². The molecule has 0 aliphatic rings. The fraction of sp³-hybridized carbons (Fsp3) is 0.194. The van der Waals surface area contributed by atoms with Crippen LogP contribution in [0.2, 0.25) is 19.6 Å². The van der Waals surface area contributed by atoms with E-state index in [0.29, 0.717) is 23.4 Å². The molecule has 0 aliphatic carbocycles. The summed E-state index contributed by atoms with van der Waals surface area (Å²) in [4.78, 5) is 29.5. The molecule has 4 aromatic rings. The molecule has 0 spiro atoms. The molecule has 38 heavy (non-hydrogen) atoms. The maximum absolute atomic E-state index is 12.9. The summed E-state index contributed by atoms with van der Waals surface area (Å²) in [7, 11) is -1.47. The van der Waals surface area contributed by atoms with Crippen molar-refractivity contribution >= 4 is 36.5 Å². The number of aryl methyl sites for hydroxylation is 1. The SMILES string of the molecule is C[Si](C)(C)c1cncc(COC(=O)CCc2ccc(C(=O)Nc3cc(-c4ccccc4)ccc3N)cc2)c1. The third kappa shape index (κ3) is 7.17. The van der Waals surface area contributed by atoms with Gasteiger partial charge in [0.1, 0.15) is 6.61 Å². The highest BCUT2D eigenvalue weighted by molar-refractivity contribution is 6.88. The molecule has 3 N–H and O–H groups in total. The van der Waals surface area contributed by atoms with Crippen LogP contribution in [-0.4, -0.2) is 24.9 Å². The van der Waals surface area contributed by atoms with Gasteiger partial charge in [0.15, 0.2) is 0 Å². The van der Waals surface area contributed by atoms with E-state index in [1.54, 1.807) is 24.4 Å². The van der Waals surface area contributed by atoms with Crippen LogP contribution < -0.4 is 16.2 Å². The molecule has 1 aromatic heterocycles. The number of esters is 1. The number of nitrogens with one attached hydrogen (secondary N) is 1. The molecule has 1 heterocycles. The largest absolute Gasteiger partial charge is 0.461 e. The molecule has 0 radical (unpaired) electrons. The predicted octanol–water partition coefficient (Wildman–Crippen LogP) is 5.80. The first-order chi connectivity index (χ1) is 18.2. The number of nitrogens with two attached hydrogens (primary N) is 1. The summed E-state index contributed by atoms with van der Waals surface area (Å²) >= 11 is 0. The normalized spacial score (nSPS) is 11.1. The second kappa shape index (κ2) is 11.9. The molecule has 0 bridgehead atoms. The Hall–Kier alpha value is -4.23. The quantitative estimate of drug-likeness (QED) is 0.164. The third-order valence-electron chi connectivity index (χ3n) is 6.30. The number of carbonyl (C=O) groups excluding carboxylic acids is 2. The van der Waals surface area contributed by atoms with Gasteiger partial charge in [-0.15, -0.1) is 0 Å². The van der Waals surface area contributed by atoms with Crippen molar-refractivity contribution in [3.05, 3.63) is 108 Å². The lowest BCUT2D eigenvalue weighted by molar-refractivity contribution is -0.144. The van der Waals surface area contributed by atoms with E-state index >= 15 is 0 Å². The molecule has 3 aromatic carbocycles. The number of nitrogen functional groups attached to an aromatic ring is 1. The first-order valence-electron chi connectivity index (χ1n) is 12.6. The number of ether oxygens (including phenoxy) is 1. The summed E-state index contributed by atoms with van der Waals surface area (Å²) in [5.74, 6) is -0.513. The van der Waals surface area contributed by atoms with Crippen LogP contribution in [0.3, 0.4) is 0 Å². The number of carbonyl (C=O) groups is 2. The van der Waals surface area contributed by atoms with Crippen LogP contribution in [0.5, 0.6) is 0 Å². The van der Waals surface area contributed by atoms with Crippen LogP contribution in [0.25, 0.3) is 11.1 Å². The molecule has 0 fully saturated rings. The summed E-state index contributed by atoms with van der Waals surface area (Å²) in [6, 6.07) is 24.8. The van der Waals surface area contributed by atoms with E-state index in [2.05, 4.69) is 36.0 Å². The molecule has 0 saturated carbocycles. The highest BCUT2D eigenvalue weighted by Gasteiger charge is 2.17. The van der Waals surface area contributed by atoms with Gasteiger partial charge in [-0.2, -0.15) is 0 Å². The summed E-state index contributed by atoms with van der Waals surface area (Å²) in [5, 5.41) is 4.15. The molecule has 1 amide bonds. The zero-order valence-corrected chi connectivity index (χ0v) is 23.0. The Labute approximate surface area is 224 Å². The average Bonchev–Trinajstić information content (AvgIpc) is 2.92. The number of rotatable bonds is 9. The van der Waals surface area contributed by atoms with E-state index in [1.165, 1.54) is 5.19 Å². The van der Waals surface area contributed by atoms with E-state index in [-0.39, 0.29) is 24.9 Å². The standard InChI is InChI=1S/C31H33N3O3Si/c1-38(2,3)27-17-23(19-33-20-27)21-37-30(35)16-11-22-9-12-25(13-10-22)31(36)34-29-18-26(14-15-28(29)32)24-7-5-4-6-8-24/h4-10,12-15,17-20H,11,16,21,32H2,1-3H3,(H,34,36). The minimum Gasteiger partial charge on any atom is -0.461 e. The molecule has 0 unspecified atom stereocenters. The fourth-order valence-corrected chi connectivity index (χ4v) is 5.03. The third-order valence-corrected chi connectivity index (χ3v) is 8.31. The number of pyridine rings is 1. The van der Waals surface area contributed by atoms with E-state index in [4.69, 9.17) is 10.5 Å². The van der Waals surface area contributed by atoms with Crippen molar-refractivity contribution in [1.82, 2.24) is 4.98 Å². The molecule has 4 rings (SSSR count). The van der Waals surface area contributed by atoms with Crippen LogP contribution in [0.1, 0.15) is 27.9 Å². The second-order valence-electron chi connectivity index (χ2n) is 10.3. The minimum absolute atomic E-state index is 0.220. The van der Waals surface area contributed by atoms with Gasteiger partial charge < -0.3 is 15.8 Å². The number of anilines is 2. The van der Waals surface area contributed by atoms with Crippen molar-refractivity contribution in [2.75, 3.05) is 11.1 Å². The van der Waals surface area contributed by atoms with Gasteiger partial charge in [0.25, 0.3) is 5.91 Å². The van der Waals surface area contributed by atoms with Gasteiger partial charge in [-0.3, -0.25) is 14.6 Å². The molecule has 0 atom stereocenters. The van der Waals surface area contributed by atoms with Gasteiger partial charge in [-0.1, -0.05) is 74.2 Å². The van der Waals surface area contributed by atoms with Gasteiger partial charge >= 0.3 is 5.97 Å². The summed E-state index contributed by atoms with van der Waals surface area (Å²) in [6.45, 7) is 6.99. The Morgan fingerprint density at radius 1 is 0.868 bits per heavy atom. The molecule has 0 saturated heterocycles. The zero-order valence-electron chi connectivity index (χ0n) is 22.0. The van der Waals surface area contributed by atoms with Crippen LogP contribution >= 0.6 is 0 Å². The van der Waals surface area contributed by atoms with Gasteiger partial charge in [-0.25, -0.2) is 0 Å². The van der Waals surface area contributed by atoms with Crippen molar-refractivity contribution in [3.8, 4) is 11.1 Å². The molecule has 194 valence electrons. The van der Waals surface area contributed by atoms with Crippen LogP contribution in [0.15, 0.2) is 91.3 Å². The molecular weight excluding hydrogens is 490 g/mol. The fourth-order valence-electron chi connectivity index (χ4n) is 3.95. The Morgan fingerprint density at radius 2 is 1.61 bits per heavy atom. The summed E-state index contributed by atoms with van der Waals surface area (Å²) < 4.78 is 5.46. The molecular formula is C31H33N3O3Si. The molecule has 6 nitrogen and oxygen atoms in total. The Bertz CT molecular complexity index is 1410. The van der Waals surface area contributed by atoms with Gasteiger partial charge in [-0.05, 0) is 52.6 Å². The van der Waals surface area contributed by atoms with Crippen molar-refractivity contribution in [1.29, 1.82) is 0 Å². The predicted molar refractivity (Wildman–Crippen MR) is 156 cm³/mol. The van der Waals surface area contributed by atoms with Crippen molar-refractivity contribution in [2.45, 2.75) is 39.1 Å². The Kier molecular flexibility index (Phi) is 8.38. The van der Waals surface area contributed by atoms with E-state index in [1.807, 2.05) is 60.8 Å². The Balaban J connectivity index is 1.30. The minimum atomic E-state index is -1.47. The number of nitrogens with zero attached hydrogens (tertiary/aromatic N) is 1. The lowest BCUT2D eigenvalue weighted by atomic mass is 10.0. The number of benzene rings is 3. The van der Waals surface area contributed by atoms with Crippen LogP contribution in [0.4, 0.5) is 11.4 Å². The van der Waals surface area contributed by atoms with Crippen molar-refractivity contribution < 1.29 is 14.3 Å². The van der Waals surface area contributed by atoms with Gasteiger partial charge in [0, 0.05) is 29.9 Å². The molecule has 7 heteroatoms. The average molecular weight is 524 g/mol. The monoisotopic (exact) mass is 523 g/mol. The topological polar surface area (TPSA) is 94.3 Å². The zero-order chi connectivity index (χ0) is 27.1. The molecule has 0 aliphatic heterocycles. The van der Waals surface area contributed by atoms with Crippen molar-refractivity contribution in [2.24, 2.45) is 0 Å². The summed E-state index contributed by atoms with van der Waals surface area (Å²) in [6.07, 6.45) is 4.43. The van der Waals surface area contributed by atoms with Crippen LogP contribution in [-0.2, 0) is 22.6 Å². The number of hydrogen-bond donors (Lipinski definition) is 2. The number of aromatic nitrogens is 1. The van der Waals surface area contributed by atoms with Gasteiger partial charge in [0.2, 0.25) is 0 Å². The first kappa shape index (κ1) is 26.8. The number of amides is 1. The highest BCUT2D eigenvalue weighted by atomic mass is 28.3. The Morgan fingerprint density at radius 3 is 2.32 bits per heavy atom. The van der Waals surface area contributed by atoms with Crippen molar-refractivity contribution in [3.63, 3.8) is 0 Å². The van der Waals surface area contributed by atoms with E-state index < -0.39 is 8.07 Å². The van der Waals surface area contributed by atoms with E-state index in [9.17, 15) is 9.59 Å². The highest BCUT2D eigenvalue weighted by Crippen LogP contribution is 2.27. The summed E-state index contributed by atoms with van der Waals surface area (Å²) in [5.41, 5.74) is 11.6. The maximum atomic E-state index is 12.9. The van der Waals surface area contributed by atoms with E-state index in [0.717, 1.165) is 22.3 Å². The smallest absolute Gasteiger partial charge is 0.306 e. The maximum Gasteiger partial charge on any atom is 0.306 e.